The van der Waals surface area contributed by atoms with Crippen LogP contribution >= 0.6 is 0 Å². The van der Waals surface area contributed by atoms with E-state index in [0.29, 0.717) is 6.42 Å². The summed E-state index contributed by atoms with van der Waals surface area (Å²) in [5.41, 5.74) is 0.872. The molecule has 0 saturated heterocycles. The van der Waals surface area contributed by atoms with E-state index in [4.69, 9.17) is 0 Å². The summed E-state index contributed by atoms with van der Waals surface area (Å²) >= 11 is 0. The Morgan fingerprint density at radius 3 is 2.13 bits per heavy atom. The molecule has 0 spiro atoms. The highest BCUT2D eigenvalue weighted by Crippen LogP contribution is 2.05. The molecule has 8 nitrogen and oxygen atoms in total. The average Bonchev–Trinajstić information content (AvgIpc) is 2.73. The molecule has 166 valence electrons. The Balaban J connectivity index is 2.66. The van der Waals surface area contributed by atoms with E-state index in [1.807, 2.05) is 58.0 Å². The fourth-order valence-electron chi connectivity index (χ4n) is 2.54. The van der Waals surface area contributed by atoms with Crippen LogP contribution in [-0.4, -0.2) is 55.2 Å². The molecule has 0 saturated carbocycles. The lowest BCUT2D eigenvalue weighted by Crippen LogP contribution is -2.52. The van der Waals surface area contributed by atoms with Gasteiger partial charge in [-0.25, -0.2) is 0 Å². The number of rotatable bonds is 13. The van der Waals surface area contributed by atoms with Crippen molar-refractivity contribution in [2.24, 2.45) is 5.92 Å². The summed E-state index contributed by atoms with van der Waals surface area (Å²) in [6.07, 6.45) is 0.975. The normalized spacial score (nSPS) is 12.7. The number of carbonyl (C=O) groups excluding carboxylic acids is 4. The Kier molecular flexibility index (Phi) is 11.4. The first-order chi connectivity index (χ1) is 14.2. The molecule has 0 fully saturated rings. The molecule has 4 N–H and O–H groups in total. The second-order valence-corrected chi connectivity index (χ2v) is 7.62. The van der Waals surface area contributed by atoms with Gasteiger partial charge in [0.05, 0.1) is 19.6 Å². The van der Waals surface area contributed by atoms with E-state index in [9.17, 15) is 19.2 Å². The van der Waals surface area contributed by atoms with Gasteiger partial charge in [0, 0.05) is 18.4 Å². The molecule has 8 heteroatoms. The third-order valence-electron chi connectivity index (χ3n) is 4.65. The van der Waals surface area contributed by atoms with E-state index in [0.717, 1.165) is 5.56 Å². The van der Waals surface area contributed by atoms with Crippen LogP contribution < -0.4 is 21.3 Å². The number of ketones is 1. The predicted molar refractivity (Wildman–Crippen MR) is 116 cm³/mol. The van der Waals surface area contributed by atoms with Crippen molar-refractivity contribution in [1.29, 1.82) is 0 Å². The first kappa shape index (κ1) is 25.3. The third-order valence-corrected chi connectivity index (χ3v) is 4.65. The fourth-order valence-corrected chi connectivity index (χ4v) is 2.54. The largest absolute Gasteiger partial charge is 0.347 e. The molecule has 0 bridgehead atoms. The quantitative estimate of drug-likeness (QED) is 0.374. The molecule has 1 aromatic carbocycles. The van der Waals surface area contributed by atoms with E-state index in [1.165, 1.54) is 0 Å². The van der Waals surface area contributed by atoms with Crippen molar-refractivity contribution in [3.05, 3.63) is 35.9 Å². The Morgan fingerprint density at radius 2 is 1.53 bits per heavy atom. The number of hydrogen-bond donors (Lipinski definition) is 4. The Morgan fingerprint density at radius 1 is 0.867 bits per heavy atom. The lowest BCUT2D eigenvalue weighted by Gasteiger charge is -2.19. The molecule has 1 rings (SSSR count). The van der Waals surface area contributed by atoms with Crippen molar-refractivity contribution < 1.29 is 19.2 Å². The van der Waals surface area contributed by atoms with Crippen LogP contribution in [0, 0.1) is 5.92 Å². The van der Waals surface area contributed by atoms with Gasteiger partial charge < -0.3 is 21.3 Å². The maximum Gasteiger partial charge on any atom is 0.243 e. The van der Waals surface area contributed by atoms with Gasteiger partial charge in [0.15, 0.2) is 5.78 Å². The molecule has 0 aromatic heterocycles. The van der Waals surface area contributed by atoms with E-state index >= 15 is 0 Å². The zero-order valence-electron chi connectivity index (χ0n) is 18.3. The number of benzene rings is 1. The number of carbonyl (C=O) groups is 4. The molecule has 0 heterocycles. The number of amides is 3. The molecule has 3 amide bonds. The first-order valence-corrected chi connectivity index (χ1v) is 10.4. The summed E-state index contributed by atoms with van der Waals surface area (Å²) in [5.74, 6) is -1.40. The Hall–Kier alpha value is -2.74. The molecule has 0 aliphatic rings. The molecule has 2 unspecified atom stereocenters. The first-order valence-electron chi connectivity index (χ1n) is 10.4. The molecule has 0 aliphatic carbocycles. The van der Waals surface area contributed by atoms with E-state index < -0.39 is 17.9 Å². The zero-order chi connectivity index (χ0) is 22.5. The van der Waals surface area contributed by atoms with E-state index in [-0.39, 0.29) is 49.7 Å². The van der Waals surface area contributed by atoms with Crippen LogP contribution in [0.25, 0.3) is 0 Å². The van der Waals surface area contributed by atoms with Gasteiger partial charge >= 0.3 is 0 Å². The van der Waals surface area contributed by atoms with Crippen molar-refractivity contribution in [2.75, 3.05) is 19.6 Å². The summed E-state index contributed by atoms with van der Waals surface area (Å²) in [6.45, 7) is 7.35. The highest BCUT2D eigenvalue weighted by molar-refractivity contribution is 5.93. The molecule has 0 radical (unpaired) electrons. The monoisotopic (exact) mass is 418 g/mol. The van der Waals surface area contributed by atoms with Crippen LogP contribution in [0.15, 0.2) is 30.3 Å². The minimum Gasteiger partial charge on any atom is -0.347 e. The van der Waals surface area contributed by atoms with Gasteiger partial charge in [-0.3, -0.25) is 19.2 Å². The highest BCUT2D eigenvalue weighted by Gasteiger charge is 2.22. The van der Waals surface area contributed by atoms with Crippen LogP contribution in [0.4, 0.5) is 0 Å². The molecule has 1 aromatic rings. The van der Waals surface area contributed by atoms with Crippen LogP contribution in [0.1, 0.15) is 39.7 Å². The van der Waals surface area contributed by atoms with Crippen LogP contribution in [0.5, 0.6) is 0 Å². The summed E-state index contributed by atoms with van der Waals surface area (Å²) in [5, 5.41) is 10.8. The predicted octanol–water partition coefficient (Wildman–Crippen LogP) is 0.560. The zero-order valence-corrected chi connectivity index (χ0v) is 18.3. The average molecular weight is 419 g/mol. The molecule has 30 heavy (non-hydrogen) atoms. The molecule has 2 atom stereocenters. The topological polar surface area (TPSA) is 116 Å². The second-order valence-electron chi connectivity index (χ2n) is 7.62. The Bertz CT molecular complexity index is 706. The van der Waals surface area contributed by atoms with Gasteiger partial charge in [-0.1, -0.05) is 58.0 Å². The number of nitrogens with one attached hydrogen (secondary N) is 4. The van der Waals surface area contributed by atoms with Crippen molar-refractivity contribution in [2.45, 2.75) is 52.6 Å². The summed E-state index contributed by atoms with van der Waals surface area (Å²) in [6, 6.07) is 8.58. The summed E-state index contributed by atoms with van der Waals surface area (Å²) < 4.78 is 0. The van der Waals surface area contributed by atoms with Crippen molar-refractivity contribution in [3.63, 3.8) is 0 Å². The van der Waals surface area contributed by atoms with Gasteiger partial charge in [-0.15, -0.1) is 0 Å². The highest BCUT2D eigenvalue weighted by atomic mass is 16.2. The third kappa shape index (κ3) is 10.2. The summed E-state index contributed by atoms with van der Waals surface area (Å²) in [7, 11) is 0. The standard InChI is InChI=1S/C22H34N4O4/c1-5-16(4)19(27)12-25-22(30)18(11-17-9-7-6-8-10-17)26-21(29)14-24-20(28)13-23-15(2)3/h6-10,15-16,18,23H,5,11-14H2,1-4H3,(H,24,28)(H,25,30)(H,26,29). The van der Waals surface area contributed by atoms with Crippen molar-refractivity contribution in [1.82, 2.24) is 21.3 Å². The fraction of sp³-hybridized carbons (Fsp3) is 0.545. The van der Waals surface area contributed by atoms with Crippen LogP contribution in [-0.2, 0) is 25.6 Å². The van der Waals surface area contributed by atoms with Crippen LogP contribution in [0.3, 0.4) is 0 Å². The number of Topliss-reactive ketones (excluding diaryl/α,β-unsaturated/α-hetero) is 1. The second kappa shape index (κ2) is 13.5. The lowest BCUT2D eigenvalue weighted by molar-refractivity contribution is -0.131. The minimum atomic E-state index is -0.852. The molecular formula is C22H34N4O4. The smallest absolute Gasteiger partial charge is 0.243 e. The van der Waals surface area contributed by atoms with Crippen LogP contribution in [0.2, 0.25) is 0 Å². The van der Waals surface area contributed by atoms with Gasteiger partial charge in [0.1, 0.15) is 6.04 Å². The maximum atomic E-state index is 12.6. The number of hydrogen-bond acceptors (Lipinski definition) is 5. The molecular weight excluding hydrogens is 384 g/mol. The van der Waals surface area contributed by atoms with Gasteiger partial charge in [-0.2, -0.15) is 0 Å². The van der Waals surface area contributed by atoms with Crippen molar-refractivity contribution in [3.8, 4) is 0 Å². The molecule has 0 aliphatic heterocycles. The minimum absolute atomic E-state index is 0.0550. The van der Waals surface area contributed by atoms with Gasteiger partial charge in [0.25, 0.3) is 0 Å². The van der Waals surface area contributed by atoms with Gasteiger partial charge in [0.2, 0.25) is 17.7 Å². The van der Waals surface area contributed by atoms with Gasteiger partial charge in [-0.05, 0) is 12.0 Å². The SMILES string of the molecule is CCC(C)C(=O)CNC(=O)C(Cc1ccccc1)NC(=O)CNC(=O)CNC(C)C. The summed E-state index contributed by atoms with van der Waals surface area (Å²) in [4.78, 5) is 48.7. The van der Waals surface area contributed by atoms with Crippen molar-refractivity contribution >= 4 is 23.5 Å². The van der Waals surface area contributed by atoms with E-state index in [2.05, 4.69) is 21.3 Å². The van der Waals surface area contributed by atoms with E-state index in [1.54, 1.807) is 0 Å². The maximum absolute atomic E-state index is 12.6. The lowest BCUT2D eigenvalue weighted by atomic mass is 10.0. The Labute approximate surface area is 178 Å².